The van der Waals surface area contributed by atoms with Gasteiger partial charge in [-0.05, 0) is 137 Å². The molecule has 4 aromatic carbocycles. The highest BCUT2D eigenvalue weighted by molar-refractivity contribution is 5.80. The third kappa shape index (κ3) is 4.64. The molecule has 4 fully saturated rings. The van der Waals surface area contributed by atoms with E-state index in [2.05, 4.69) is 141 Å². The predicted octanol–water partition coefficient (Wildman–Crippen LogP) is 12.4. The van der Waals surface area contributed by atoms with E-state index in [1.54, 1.807) is 11.1 Å². The highest BCUT2D eigenvalue weighted by atomic mass is 15.1. The average molecular weight is 614 g/mol. The fraction of sp³-hybridized carbons (Fsp3) is 0.348. The van der Waals surface area contributed by atoms with E-state index in [1.165, 1.54) is 72.2 Å². The van der Waals surface area contributed by atoms with E-state index in [0.717, 1.165) is 29.0 Å². The van der Waals surface area contributed by atoms with E-state index < -0.39 is 0 Å². The number of benzene rings is 4. The Morgan fingerprint density at radius 1 is 0.702 bits per heavy atom. The third-order valence-electron chi connectivity index (χ3n) is 13.0. The molecule has 0 N–H and O–H groups in total. The molecule has 4 aromatic rings. The lowest BCUT2D eigenvalue weighted by atomic mass is 9.48. The lowest BCUT2D eigenvalue weighted by molar-refractivity contribution is -0.00518. The average Bonchev–Trinajstić information content (AvgIpc) is 3.31. The van der Waals surface area contributed by atoms with Crippen LogP contribution in [0.2, 0.25) is 0 Å². The quantitative estimate of drug-likeness (QED) is 0.209. The van der Waals surface area contributed by atoms with E-state index >= 15 is 0 Å². The first-order valence-corrected chi connectivity index (χ1v) is 18.1. The van der Waals surface area contributed by atoms with Crippen molar-refractivity contribution in [1.82, 2.24) is 0 Å². The Hall–Kier alpha value is -4.10. The van der Waals surface area contributed by atoms with Gasteiger partial charge in [0.1, 0.15) is 0 Å². The monoisotopic (exact) mass is 613 g/mol. The first-order valence-electron chi connectivity index (χ1n) is 18.1. The Kier molecular flexibility index (Phi) is 6.62. The van der Waals surface area contributed by atoms with Crippen molar-refractivity contribution in [3.63, 3.8) is 0 Å². The molecule has 0 heterocycles. The molecule has 10 rings (SSSR count). The molecule has 1 nitrogen and oxygen atoms in total. The summed E-state index contributed by atoms with van der Waals surface area (Å²) in [6.07, 6.45) is 17.7. The topological polar surface area (TPSA) is 3.24 Å². The number of allylic oxidation sites excluding steroid dienone is 4. The maximum absolute atomic E-state index is 3.98. The van der Waals surface area contributed by atoms with Crippen molar-refractivity contribution in [3.05, 3.63) is 144 Å². The molecule has 4 saturated carbocycles. The van der Waals surface area contributed by atoms with Gasteiger partial charge in [-0.25, -0.2) is 0 Å². The van der Waals surface area contributed by atoms with Crippen molar-refractivity contribution in [1.29, 1.82) is 0 Å². The molecule has 236 valence electrons. The molecule has 4 bridgehead atoms. The van der Waals surface area contributed by atoms with Crippen LogP contribution in [0.25, 0.3) is 17.2 Å². The smallest absolute Gasteiger partial charge is 0.0464 e. The molecular formula is C46H47N. The molecule has 1 heteroatoms. The molecule has 0 amide bonds. The van der Waals surface area contributed by atoms with Crippen LogP contribution in [0.5, 0.6) is 0 Å². The number of hydrogen-bond donors (Lipinski definition) is 0. The minimum Gasteiger partial charge on any atom is -0.310 e. The molecular weight excluding hydrogens is 567 g/mol. The number of anilines is 3. The van der Waals surface area contributed by atoms with Crippen LogP contribution in [-0.4, -0.2) is 0 Å². The number of nitrogens with zero attached hydrogens (tertiary/aromatic N) is 1. The molecule has 0 aliphatic heterocycles. The predicted molar refractivity (Wildman–Crippen MR) is 199 cm³/mol. The van der Waals surface area contributed by atoms with E-state index in [9.17, 15) is 0 Å². The Bertz CT molecular complexity index is 1860. The minimum atomic E-state index is -0.000405. The van der Waals surface area contributed by atoms with Crippen LogP contribution >= 0.6 is 0 Å². The molecule has 47 heavy (non-hydrogen) atoms. The second kappa shape index (κ2) is 10.7. The summed E-state index contributed by atoms with van der Waals surface area (Å²) in [7, 11) is 0. The van der Waals surface area contributed by atoms with Crippen LogP contribution < -0.4 is 4.90 Å². The van der Waals surface area contributed by atoms with Crippen molar-refractivity contribution >= 4 is 23.1 Å². The van der Waals surface area contributed by atoms with Gasteiger partial charge in [-0.1, -0.05) is 112 Å². The fourth-order valence-electron chi connectivity index (χ4n) is 11.0. The molecule has 6 aliphatic carbocycles. The van der Waals surface area contributed by atoms with Gasteiger partial charge < -0.3 is 4.90 Å². The Labute approximate surface area is 281 Å². The summed E-state index contributed by atoms with van der Waals surface area (Å²) in [5.41, 5.74) is 13.8. The molecule has 0 spiro atoms. The van der Waals surface area contributed by atoms with Crippen LogP contribution in [0, 0.1) is 23.7 Å². The number of fused-ring (bicyclic) bond motifs is 3. The largest absolute Gasteiger partial charge is 0.310 e. The van der Waals surface area contributed by atoms with Crippen LogP contribution in [0.1, 0.15) is 87.5 Å². The van der Waals surface area contributed by atoms with E-state index in [0.29, 0.717) is 17.3 Å². The summed E-state index contributed by atoms with van der Waals surface area (Å²) in [5.74, 6) is 3.90. The van der Waals surface area contributed by atoms with Gasteiger partial charge in [0.15, 0.2) is 0 Å². The maximum Gasteiger partial charge on any atom is 0.0464 e. The third-order valence-corrected chi connectivity index (χ3v) is 13.0. The Balaban J connectivity index is 1.05. The van der Waals surface area contributed by atoms with Gasteiger partial charge in [0.2, 0.25) is 0 Å². The summed E-state index contributed by atoms with van der Waals surface area (Å²) < 4.78 is 0. The first kappa shape index (κ1) is 29.1. The summed E-state index contributed by atoms with van der Waals surface area (Å²) in [5, 5.41) is 0. The molecule has 6 aliphatic rings. The molecule has 0 aromatic heterocycles. The number of rotatable bonds is 6. The number of hydrogen-bond acceptors (Lipinski definition) is 1. The highest BCUT2D eigenvalue weighted by Gasteiger charge is 2.51. The van der Waals surface area contributed by atoms with Gasteiger partial charge in [-0.15, -0.1) is 0 Å². The Morgan fingerprint density at radius 2 is 1.26 bits per heavy atom. The highest BCUT2D eigenvalue weighted by Crippen LogP contribution is 2.61. The zero-order valence-corrected chi connectivity index (χ0v) is 28.3. The molecule has 2 atom stereocenters. The summed E-state index contributed by atoms with van der Waals surface area (Å²) in [4.78, 5) is 2.42. The summed E-state index contributed by atoms with van der Waals surface area (Å²) in [6, 6.07) is 34.9. The van der Waals surface area contributed by atoms with Gasteiger partial charge in [-0.2, -0.15) is 0 Å². The first-order chi connectivity index (χ1) is 22.8. The van der Waals surface area contributed by atoms with E-state index in [4.69, 9.17) is 0 Å². The van der Waals surface area contributed by atoms with Gasteiger partial charge in [0, 0.05) is 28.4 Å². The van der Waals surface area contributed by atoms with Gasteiger partial charge in [0.25, 0.3) is 0 Å². The van der Waals surface area contributed by atoms with Gasteiger partial charge >= 0.3 is 0 Å². The van der Waals surface area contributed by atoms with Crippen molar-refractivity contribution < 1.29 is 0 Å². The van der Waals surface area contributed by atoms with Gasteiger partial charge in [0.05, 0.1) is 0 Å². The van der Waals surface area contributed by atoms with Crippen LogP contribution in [-0.2, 0) is 10.8 Å². The normalized spacial score (nSPS) is 29.3. The van der Waals surface area contributed by atoms with Crippen LogP contribution in [0.3, 0.4) is 0 Å². The maximum atomic E-state index is 3.98. The van der Waals surface area contributed by atoms with Gasteiger partial charge in [-0.3, -0.25) is 0 Å². The lowest BCUT2D eigenvalue weighted by Gasteiger charge is -2.57. The van der Waals surface area contributed by atoms with Crippen molar-refractivity contribution in [2.24, 2.45) is 23.7 Å². The summed E-state index contributed by atoms with van der Waals surface area (Å²) in [6.45, 7) is 11.2. The zero-order valence-electron chi connectivity index (χ0n) is 28.3. The molecule has 2 unspecified atom stereocenters. The zero-order chi connectivity index (χ0) is 31.9. The molecule has 0 radical (unpaired) electrons. The SMILES string of the molecule is C=Cc1ccc(N(c2ccc(-c3ccc(C45CC6CC(CC(C6)C4)C5)cc3)cc2)c2ccc3c(c2)C(C)(C)C2=CC=CC(C)C23)cc1. The van der Waals surface area contributed by atoms with Crippen molar-refractivity contribution in [2.75, 3.05) is 4.90 Å². The second-order valence-corrected chi connectivity index (χ2v) is 16.2. The standard InChI is InChI=1S/C46H47N/c1-5-31-9-17-38(18-10-31)47(40-21-22-41-43(26-40)45(3,4)42-8-6-7-30(2)44(41)42)39-19-13-36(14-20-39)35-11-15-37(16-12-35)46-27-32-23-33(28-46)25-34(24-32)29-46/h5-22,26,30,32-34,44H,1,23-25,27-29H2,2-4H3. The minimum absolute atomic E-state index is 0.000405. The van der Waals surface area contributed by atoms with Crippen LogP contribution in [0.4, 0.5) is 17.1 Å². The second-order valence-electron chi connectivity index (χ2n) is 16.2. The fourth-order valence-corrected chi connectivity index (χ4v) is 11.0. The van der Waals surface area contributed by atoms with E-state index in [-0.39, 0.29) is 5.41 Å². The van der Waals surface area contributed by atoms with Crippen molar-refractivity contribution in [2.45, 2.75) is 76.0 Å². The van der Waals surface area contributed by atoms with Crippen molar-refractivity contribution in [3.8, 4) is 11.1 Å². The van der Waals surface area contributed by atoms with Crippen LogP contribution in [0.15, 0.2) is 121 Å². The summed E-state index contributed by atoms with van der Waals surface area (Å²) >= 11 is 0. The molecule has 0 saturated heterocycles. The lowest BCUT2D eigenvalue weighted by Crippen LogP contribution is -2.48. The van der Waals surface area contributed by atoms with E-state index in [1.807, 2.05) is 6.08 Å². The Morgan fingerprint density at radius 3 is 1.85 bits per heavy atom.